The fourth-order valence-electron chi connectivity index (χ4n) is 1.91. The lowest BCUT2D eigenvalue weighted by molar-refractivity contribution is -0.274. The maximum absolute atomic E-state index is 12.3. The number of hydrogen-bond acceptors (Lipinski definition) is 6. The predicted molar refractivity (Wildman–Crippen MR) is 77.5 cm³/mol. The van der Waals surface area contributed by atoms with Gasteiger partial charge >= 0.3 is 12.3 Å². The molecule has 1 N–H and O–H groups in total. The van der Waals surface area contributed by atoms with Gasteiger partial charge in [-0.05, 0) is 12.1 Å². The van der Waals surface area contributed by atoms with Crippen molar-refractivity contribution < 1.29 is 42.0 Å². The van der Waals surface area contributed by atoms with Crippen LogP contribution in [0.15, 0.2) is 30.6 Å². The second-order valence-electron chi connectivity index (χ2n) is 4.48. The van der Waals surface area contributed by atoms with Gasteiger partial charge in [0, 0.05) is 6.07 Å². The summed E-state index contributed by atoms with van der Waals surface area (Å²) in [5, 5.41) is 9.29. The minimum atomic E-state index is -4.86. The van der Waals surface area contributed by atoms with Crippen LogP contribution in [0.3, 0.4) is 0 Å². The van der Waals surface area contributed by atoms with Crippen LogP contribution in [0.25, 0.3) is 0 Å². The normalized spacial score (nSPS) is 10.9. The molecule has 1 aromatic heterocycles. The summed E-state index contributed by atoms with van der Waals surface area (Å²) in [6.07, 6.45) is -2.54. The number of alkyl halides is 3. The van der Waals surface area contributed by atoms with Crippen molar-refractivity contribution in [3.8, 4) is 28.7 Å². The van der Waals surface area contributed by atoms with E-state index in [0.29, 0.717) is 0 Å². The number of methoxy groups -OCH3 is 2. The van der Waals surface area contributed by atoms with Gasteiger partial charge in [-0.2, -0.15) is 0 Å². The lowest BCUT2D eigenvalue weighted by Crippen LogP contribution is -2.17. The molecule has 0 fully saturated rings. The number of aromatic carboxylic acids is 1. The molecule has 0 unspecified atom stereocenters. The first-order valence-electron chi connectivity index (χ1n) is 6.62. The molecule has 1 heterocycles. The smallest absolute Gasteiger partial charge is 0.494 e. The molecular weight excluding hydrogens is 347 g/mol. The number of halogens is 3. The van der Waals surface area contributed by atoms with E-state index in [2.05, 4.69) is 9.72 Å². The lowest BCUT2D eigenvalue weighted by atomic mass is 10.2. The van der Waals surface area contributed by atoms with E-state index in [4.69, 9.17) is 14.2 Å². The summed E-state index contributed by atoms with van der Waals surface area (Å²) in [7, 11) is 2.47. The number of nitrogens with zero attached hydrogens (tertiary/aromatic N) is 1. The van der Waals surface area contributed by atoms with Gasteiger partial charge < -0.3 is 24.1 Å². The van der Waals surface area contributed by atoms with Crippen molar-refractivity contribution in [2.45, 2.75) is 6.36 Å². The molecule has 10 heteroatoms. The van der Waals surface area contributed by atoms with Gasteiger partial charge in [0.1, 0.15) is 11.3 Å². The molecule has 0 aliphatic carbocycles. The highest BCUT2D eigenvalue weighted by Crippen LogP contribution is 2.38. The third-order valence-electron chi connectivity index (χ3n) is 2.90. The first-order valence-corrected chi connectivity index (χ1v) is 6.62. The number of pyridine rings is 1. The number of hydrogen-bond donors (Lipinski definition) is 1. The fraction of sp³-hybridized carbons (Fsp3) is 0.200. The van der Waals surface area contributed by atoms with E-state index >= 15 is 0 Å². The maximum atomic E-state index is 12.3. The number of carbonyl (C=O) groups is 1. The molecule has 0 saturated heterocycles. The zero-order chi connectivity index (χ0) is 18.6. The number of ether oxygens (including phenoxy) is 4. The molecule has 0 aliphatic heterocycles. The van der Waals surface area contributed by atoms with Gasteiger partial charge in [0.2, 0.25) is 0 Å². The molecule has 0 bridgehead atoms. The van der Waals surface area contributed by atoms with Crippen LogP contribution >= 0.6 is 0 Å². The second kappa shape index (κ2) is 7.16. The Hall–Kier alpha value is -3.17. The van der Waals surface area contributed by atoms with E-state index < -0.39 is 18.1 Å². The van der Waals surface area contributed by atoms with Gasteiger partial charge in [-0.1, -0.05) is 0 Å². The monoisotopic (exact) mass is 359 g/mol. The minimum Gasteiger partial charge on any atom is -0.494 e. The van der Waals surface area contributed by atoms with Gasteiger partial charge in [-0.15, -0.1) is 13.2 Å². The zero-order valence-electron chi connectivity index (χ0n) is 13.0. The Kier molecular flexibility index (Phi) is 5.20. The van der Waals surface area contributed by atoms with Gasteiger partial charge in [-0.25, -0.2) is 4.79 Å². The van der Waals surface area contributed by atoms with Crippen LogP contribution in [0.5, 0.6) is 28.7 Å². The van der Waals surface area contributed by atoms with E-state index in [9.17, 15) is 23.1 Å². The Balaban J connectivity index is 2.39. The highest BCUT2D eigenvalue weighted by atomic mass is 19.4. The summed E-state index contributed by atoms with van der Waals surface area (Å²) in [6, 6.07) is 3.10. The van der Waals surface area contributed by atoms with Crippen molar-refractivity contribution in [3.63, 3.8) is 0 Å². The maximum Gasteiger partial charge on any atom is 0.573 e. The molecule has 25 heavy (non-hydrogen) atoms. The quantitative estimate of drug-likeness (QED) is 0.845. The third kappa shape index (κ3) is 4.43. The molecule has 0 spiro atoms. The summed E-state index contributed by atoms with van der Waals surface area (Å²) in [6.45, 7) is 0. The molecule has 0 atom stereocenters. The Labute approximate surface area is 139 Å². The topological polar surface area (TPSA) is 87.1 Å². The first kappa shape index (κ1) is 18.2. The fourth-order valence-corrected chi connectivity index (χ4v) is 1.91. The molecule has 2 rings (SSSR count). The van der Waals surface area contributed by atoms with Crippen LogP contribution in [-0.2, 0) is 0 Å². The van der Waals surface area contributed by atoms with E-state index in [1.165, 1.54) is 20.4 Å². The van der Waals surface area contributed by atoms with E-state index in [0.717, 1.165) is 24.4 Å². The third-order valence-corrected chi connectivity index (χ3v) is 2.90. The summed E-state index contributed by atoms with van der Waals surface area (Å²) in [5.74, 6) is -2.18. The van der Waals surface area contributed by atoms with Crippen LogP contribution < -0.4 is 18.9 Å². The number of rotatable bonds is 6. The number of carboxylic acids is 1. The highest BCUT2D eigenvalue weighted by molar-refractivity contribution is 5.94. The first-order chi connectivity index (χ1) is 11.7. The van der Waals surface area contributed by atoms with Crippen LogP contribution in [0.4, 0.5) is 13.2 Å². The SMILES string of the molecule is COc1cc(OC(F)(F)F)ccc1Oc1cncc(OC)c1C(=O)O. The Morgan fingerprint density at radius 3 is 2.24 bits per heavy atom. The number of carboxylic acid groups (broad SMARTS) is 1. The standard InChI is InChI=1S/C15H12F3NO6/c1-22-10-5-8(25-15(16,17)18)3-4-9(10)24-12-7-19-6-11(23-2)13(12)14(20)21/h3-7H,1-2H3,(H,20,21). The van der Waals surface area contributed by atoms with Crippen LogP contribution in [0.1, 0.15) is 10.4 Å². The summed E-state index contributed by atoms with van der Waals surface area (Å²) in [4.78, 5) is 15.2. The second-order valence-corrected chi connectivity index (χ2v) is 4.48. The Bertz CT molecular complexity index is 778. The molecule has 0 aliphatic rings. The van der Waals surface area contributed by atoms with Crippen molar-refractivity contribution in [2.24, 2.45) is 0 Å². The Morgan fingerprint density at radius 1 is 1.04 bits per heavy atom. The molecule has 0 amide bonds. The van der Waals surface area contributed by atoms with E-state index in [-0.39, 0.29) is 28.6 Å². The van der Waals surface area contributed by atoms with Crippen molar-refractivity contribution in [1.29, 1.82) is 0 Å². The van der Waals surface area contributed by atoms with Gasteiger partial charge in [0.25, 0.3) is 0 Å². The number of aromatic nitrogens is 1. The highest BCUT2D eigenvalue weighted by Gasteiger charge is 2.31. The van der Waals surface area contributed by atoms with Crippen molar-refractivity contribution in [3.05, 3.63) is 36.2 Å². The van der Waals surface area contributed by atoms with Crippen molar-refractivity contribution in [2.75, 3.05) is 14.2 Å². The molecule has 1 aromatic carbocycles. The molecular formula is C15H12F3NO6. The minimum absolute atomic E-state index is 0.0328. The lowest BCUT2D eigenvalue weighted by Gasteiger charge is -2.15. The molecule has 7 nitrogen and oxygen atoms in total. The average molecular weight is 359 g/mol. The van der Waals surface area contributed by atoms with Gasteiger partial charge in [-0.3, -0.25) is 4.98 Å². The summed E-state index contributed by atoms with van der Waals surface area (Å²) < 4.78 is 55.9. The van der Waals surface area contributed by atoms with Crippen molar-refractivity contribution >= 4 is 5.97 Å². The summed E-state index contributed by atoms with van der Waals surface area (Å²) in [5.41, 5.74) is -0.296. The van der Waals surface area contributed by atoms with Crippen molar-refractivity contribution in [1.82, 2.24) is 4.98 Å². The van der Waals surface area contributed by atoms with Crippen LogP contribution in [0, 0.1) is 0 Å². The molecule has 134 valence electrons. The molecule has 0 saturated carbocycles. The largest absolute Gasteiger partial charge is 0.573 e. The molecule has 2 aromatic rings. The van der Waals surface area contributed by atoms with E-state index in [1.54, 1.807) is 0 Å². The molecule has 0 radical (unpaired) electrons. The van der Waals surface area contributed by atoms with Crippen LogP contribution in [0.2, 0.25) is 0 Å². The van der Waals surface area contributed by atoms with Gasteiger partial charge in [0.05, 0.1) is 26.6 Å². The predicted octanol–water partition coefficient (Wildman–Crippen LogP) is 3.49. The number of benzene rings is 1. The van der Waals surface area contributed by atoms with Gasteiger partial charge in [0.15, 0.2) is 23.0 Å². The summed E-state index contributed by atoms with van der Waals surface area (Å²) >= 11 is 0. The van der Waals surface area contributed by atoms with Crippen LogP contribution in [-0.4, -0.2) is 36.6 Å². The average Bonchev–Trinajstić information content (AvgIpc) is 2.54. The zero-order valence-corrected chi connectivity index (χ0v) is 13.0. The Morgan fingerprint density at radius 2 is 1.68 bits per heavy atom. The van der Waals surface area contributed by atoms with E-state index in [1.807, 2.05) is 0 Å².